The molecular weight excluding hydrogens is 214 g/mol. The van der Waals surface area contributed by atoms with Crippen LogP contribution in [0, 0.1) is 0 Å². The standard InChI is InChI=1S/C9H13N3O4/c1-6(14)11-9-10-3-2-8(12-9)16-5-7(15)4-13/h2-3,7,13,15H,4-5H2,1H3,(H,10,11,12,14). The van der Waals surface area contributed by atoms with Crippen LogP contribution in [0.15, 0.2) is 12.3 Å². The van der Waals surface area contributed by atoms with Gasteiger partial charge in [-0.15, -0.1) is 0 Å². The number of aliphatic hydroxyl groups excluding tert-OH is 2. The van der Waals surface area contributed by atoms with Crippen LogP contribution >= 0.6 is 0 Å². The first-order valence-corrected chi connectivity index (χ1v) is 4.64. The number of ether oxygens (including phenoxy) is 1. The molecule has 1 amide bonds. The number of hydrogen-bond acceptors (Lipinski definition) is 6. The Bertz CT molecular complexity index is 358. The van der Waals surface area contributed by atoms with Crippen LogP contribution in [0.1, 0.15) is 6.92 Å². The van der Waals surface area contributed by atoms with Crippen molar-refractivity contribution in [2.24, 2.45) is 0 Å². The summed E-state index contributed by atoms with van der Waals surface area (Å²) in [5.41, 5.74) is 0. The summed E-state index contributed by atoms with van der Waals surface area (Å²) >= 11 is 0. The van der Waals surface area contributed by atoms with Crippen molar-refractivity contribution in [3.05, 3.63) is 12.3 Å². The minimum Gasteiger partial charge on any atom is -0.475 e. The number of anilines is 1. The summed E-state index contributed by atoms with van der Waals surface area (Å²) in [4.78, 5) is 18.4. The molecule has 0 fully saturated rings. The Morgan fingerprint density at radius 1 is 1.69 bits per heavy atom. The summed E-state index contributed by atoms with van der Waals surface area (Å²) in [7, 11) is 0. The zero-order valence-electron chi connectivity index (χ0n) is 8.75. The second kappa shape index (κ2) is 5.99. The van der Waals surface area contributed by atoms with E-state index in [1.54, 1.807) is 0 Å². The number of nitrogens with zero attached hydrogens (tertiary/aromatic N) is 2. The number of aromatic nitrogens is 2. The molecule has 0 saturated carbocycles. The van der Waals surface area contributed by atoms with Crippen molar-refractivity contribution < 1.29 is 19.7 Å². The van der Waals surface area contributed by atoms with Crippen molar-refractivity contribution in [1.29, 1.82) is 0 Å². The van der Waals surface area contributed by atoms with Crippen LogP contribution in [-0.4, -0.2) is 45.4 Å². The Hall–Kier alpha value is -1.73. The number of amides is 1. The molecule has 1 aromatic heterocycles. The Balaban J connectivity index is 2.56. The number of carbonyl (C=O) groups excluding carboxylic acids is 1. The molecule has 7 heteroatoms. The molecular formula is C9H13N3O4. The molecule has 1 rings (SSSR count). The van der Waals surface area contributed by atoms with Gasteiger partial charge in [-0.2, -0.15) is 4.98 Å². The lowest BCUT2D eigenvalue weighted by atomic mass is 10.4. The normalized spacial score (nSPS) is 11.9. The van der Waals surface area contributed by atoms with Crippen LogP contribution in [0.2, 0.25) is 0 Å². The van der Waals surface area contributed by atoms with Crippen LogP contribution in [0.3, 0.4) is 0 Å². The molecule has 0 aromatic carbocycles. The molecule has 0 aliphatic heterocycles. The average molecular weight is 227 g/mol. The average Bonchev–Trinajstić information content (AvgIpc) is 2.25. The summed E-state index contributed by atoms with van der Waals surface area (Å²) < 4.78 is 5.07. The van der Waals surface area contributed by atoms with E-state index in [2.05, 4.69) is 15.3 Å². The Labute approximate surface area is 92.1 Å². The van der Waals surface area contributed by atoms with Gasteiger partial charge in [0.05, 0.1) is 6.61 Å². The van der Waals surface area contributed by atoms with Gasteiger partial charge in [-0.25, -0.2) is 4.98 Å². The quantitative estimate of drug-likeness (QED) is 0.606. The van der Waals surface area contributed by atoms with Crippen LogP contribution in [0.25, 0.3) is 0 Å². The van der Waals surface area contributed by atoms with E-state index in [1.165, 1.54) is 19.2 Å². The Morgan fingerprint density at radius 3 is 3.06 bits per heavy atom. The summed E-state index contributed by atoms with van der Waals surface area (Å²) in [6.45, 7) is 0.878. The molecule has 3 N–H and O–H groups in total. The minimum absolute atomic E-state index is 0.0764. The van der Waals surface area contributed by atoms with Crippen LogP contribution in [0.4, 0.5) is 5.95 Å². The van der Waals surface area contributed by atoms with Gasteiger partial charge in [0, 0.05) is 19.2 Å². The van der Waals surface area contributed by atoms with Gasteiger partial charge in [0.25, 0.3) is 0 Å². The fourth-order valence-corrected chi connectivity index (χ4v) is 0.874. The zero-order valence-corrected chi connectivity index (χ0v) is 8.75. The van der Waals surface area contributed by atoms with Crippen LogP contribution in [0.5, 0.6) is 5.88 Å². The number of nitrogens with one attached hydrogen (secondary N) is 1. The highest BCUT2D eigenvalue weighted by molar-refractivity contribution is 5.86. The van der Waals surface area contributed by atoms with E-state index < -0.39 is 6.10 Å². The third kappa shape index (κ3) is 4.20. The van der Waals surface area contributed by atoms with Gasteiger partial charge in [-0.1, -0.05) is 0 Å². The molecule has 1 heterocycles. The zero-order chi connectivity index (χ0) is 12.0. The predicted octanol–water partition coefficient (Wildman–Crippen LogP) is -0.833. The first kappa shape index (κ1) is 12.3. The Morgan fingerprint density at radius 2 is 2.44 bits per heavy atom. The third-order valence-electron chi connectivity index (χ3n) is 1.55. The highest BCUT2D eigenvalue weighted by Gasteiger charge is 2.05. The molecule has 0 aliphatic carbocycles. The minimum atomic E-state index is -0.959. The third-order valence-corrected chi connectivity index (χ3v) is 1.55. The van der Waals surface area contributed by atoms with Crippen LogP contribution < -0.4 is 10.1 Å². The van der Waals surface area contributed by atoms with Gasteiger partial charge >= 0.3 is 0 Å². The molecule has 0 spiro atoms. The molecule has 0 aliphatic rings. The van der Waals surface area contributed by atoms with E-state index in [4.69, 9.17) is 14.9 Å². The van der Waals surface area contributed by atoms with Gasteiger partial charge in [0.1, 0.15) is 12.7 Å². The highest BCUT2D eigenvalue weighted by atomic mass is 16.5. The van der Waals surface area contributed by atoms with E-state index in [0.29, 0.717) is 0 Å². The van der Waals surface area contributed by atoms with Crippen molar-refractivity contribution in [3.8, 4) is 5.88 Å². The first-order valence-electron chi connectivity index (χ1n) is 4.64. The van der Waals surface area contributed by atoms with Gasteiger partial charge in [0.2, 0.25) is 17.7 Å². The molecule has 1 aromatic rings. The van der Waals surface area contributed by atoms with Crippen molar-refractivity contribution >= 4 is 11.9 Å². The molecule has 7 nitrogen and oxygen atoms in total. The maximum absolute atomic E-state index is 10.7. The SMILES string of the molecule is CC(=O)Nc1nccc(OCC(O)CO)n1. The maximum Gasteiger partial charge on any atom is 0.232 e. The fraction of sp³-hybridized carbons (Fsp3) is 0.444. The van der Waals surface area contributed by atoms with Gasteiger partial charge in [-0.3, -0.25) is 10.1 Å². The molecule has 0 radical (unpaired) electrons. The molecule has 0 bridgehead atoms. The van der Waals surface area contributed by atoms with Gasteiger partial charge < -0.3 is 14.9 Å². The molecule has 1 atom stereocenters. The first-order chi connectivity index (χ1) is 7.61. The second-order valence-electron chi connectivity index (χ2n) is 3.05. The predicted molar refractivity (Wildman–Crippen MR) is 54.9 cm³/mol. The van der Waals surface area contributed by atoms with Crippen molar-refractivity contribution in [3.63, 3.8) is 0 Å². The number of rotatable bonds is 5. The largest absolute Gasteiger partial charge is 0.475 e. The number of hydrogen-bond donors (Lipinski definition) is 3. The van der Waals surface area contributed by atoms with E-state index in [-0.39, 0.29) is 30.9 Å². The summed E-state index contributed by atoms with van der Waals surface area (Å²) in [5, 5.41) is 20.0. The lowest BCUT2D eigenvalue weighted by Gasteiger charge is -2.09. The van der Waals surface area contributed by atoms with E-state index >= 15 is 0 Å². The van der Waals surface area contributed by atoms with E-state index in [0.717, 1.165) is 0 Å². The second-order valence-corrected chi connectivity index (χ2v) is 3.05. The fourth-order valence-electron chi connectivity index (χ4n) is 0.874. The molecule has 88 valence electrons. The van der Waals surface area contributed by atoms with E-state index in [1.807, 2.05) is 0 Å². The van der Waals surface area contributed by atoms with Crippen molar-refractivity contribution in [2.75, 3.05) is 18.5 Å². The molecule has 1 unspecified atom stereocenters. The summed E-state index contributed by atoms with van der Waals surface area (Å²) in [5.74, 6) is 0.0577. The lowest BCUT2D eigenvalue weighted by molar-refractivity contribution is -0.114. The maximum atomic E-state index is 10.7. The monoisotopic (exact) mass is 227 g/mol. The lowest BCUT2D eigenvalue weighted by Crippen LogP contribution is -2.21. The smallest absolute Gasteiger partial charge is 0.232 e. The topological polar surface area (TPSA) is 105 Å². The van der Waals surface area contributed by atoms with Gasteiger partial charge in [-0.05, 0) is 0 Å². The van der Waals surface area contributed by atoms with E-state index in [9.17, 15) is 4.79 Å². The summed E-state index contributed by atoms with van der Waals surface area (Å²) in [6, 6.07) is 1.48. The highest BCUT2D eigenvalue weighted by Crippen LogP contribution is 2.08. The van der Waals surface area contributed by atoms with Crippen molar-refractivity contribution in [1.82, 2.24) is 9.97 Å². The number of aliphatic hydroxyl groups is 2. The Kier molecular flexibility index (Phi) is 4.62. The number of carbonyl (C=O) groups is 1. The van der Waals surface area contributed by atoms with Crippen LogP contribution in [-0.2, 0) is 4.79 Å². The molecule has 0 saturated heterocycles. The van der Waals surface area contributed by atoms with Gasteiger partial charge in [0.15, 0.2) is 0 Å². The van der Waals surface area contributed by atoms with Crippen molar-refractivity contribution in [2.45, 2.75) is 13.0 Å². The summed E-state index contributed by atoms with van der Waals surface area (Å²) in [6.07, 6.45) is 0.457. The molecule has 16 heavy (non-hydrogen) atoms.